The van der Waals surface area contributed by atoms with E-state index in [1.807, 2.05) is 61.3 Å². The van der Waals surface area contributed by atoms with Crippen LogP contribution in [0.5, 0.6) is 0 Å². The predicted molar refractivity (Wildman–Crippen MR) is 113 cm³/mol. The number of likely N-dealkylation sites (tertiary alicyclic amines) is 1. The van der Waals surface area contributed by atoms with Crippen molar-refractivity contribution >= 4 is 11.6 Å². The molecule has 7 nitrogen and oxygen atoms in total. The summed E-state index contributed by atoms with van der Waals surface area (Å²) < 4.78 is 9.68. The zero-order chi connectivity index (χ0) is 20.7. The molecule has 0 aromatic carbocycles. The van der Waals surface area contributed by atoms with Crippen LogP contribution in [0.3, 0.4) is 0 Å². The number of aryl methyl sites for hydroxylation is 1. The lowest BCUT2D eigenvalue weighted by Gasteiger charge is -2.31. The molecule has 154 valence electrons. The summed E-state index contributed by atoms with van der Waals surface area (Å²) in [5.41, 5.74) is 3.71. The van der Waals surface area contributed by atoms with Crippen LogP contribution in [-0.2, 0) is 6.54 Å². The third-order valence-electron chi connectivity index (χ3n) is 6.19. The molecule has 4 aromatic rings. The van der Waals surface area contributed by atoms with Crippen LogP contribution in [0.25, 0.3) is 5.65 Å². The minimum absolute atomic E-state index is 0.110. The summed E-state index contributed by atoms with van der Waals surface area (Å²) >= 11 is 0. The van der Waals surface area contributed by atoms with Gasteiger partial charge >= 0.3 is 0 Å². The minimum atomic E-state index is 0.110. The molecule has 1 saturated heterocycles. The molecular weight excluding hydrogens is 378 g/mol. The number of pyridine rings is 1. The van der Waals surface area contributed by atoms with Crippen LogP contribution in [-0.4, -0.2) is 43.1 Å². The van der Waals surface area contributed by atoms with E-state index < -0.39 is 0 Å². The average Bonchev–Trinajstić information content (AvgIpc) is 3.50. The summed E-state index contributed by atoms with van der Waals surface area (Å²) in [4.78, 5) is 15.2. The zero-order valence-electron chi connectivity index (χ0n) is 17.3. The largest absolute Gasteiger partial charge is 0.467 e. The number of hydrogen-bond acceptors (Lipinski definition) is 4. The molecule has 0 unspecified atom stereocenters. The number of nitrogens with zero attached hydrogens (tertiary/aromatic N) is 5. The Bertz CT molecular complexity index is 1180. The molecule has 0 spiro atoms. The fourth-order valence-corrected chi connectivity index (χ4v) is 4.47. The number of fused-ring (bicyclic) bond motifs is 1. The first-order chi connectivity index (χ1) is 14.6. The van der Waals surface area contributed by atoms with Gasteiger partial charge in [-0.25, -0.2) is 0 Å². The van der Waals surface area contributed by atoms with Crippen molar-refractivity contribution in [3.63, 3.8) is 0 Å². The van der Waals surface area contributed by atoms with Crippen molar-refractivity contribution in [2.45, 2.75) is 39.2 Å². The summed E-state index contributed by atoms with van der Waals surface area (Å²) in [5, 5.41) is 8.68. The molecule has 4 aromatic heterocycles. The van der Waals surface area contributed by atoms with Crippen LogP contribution in [0.15, 0.2) is 53.3 Å². The SMILES string of the molecule is Cc1cc(C(=O)N2CCC(c3nnc4ccccn34)CC2)c(C)n1Cc1ccco1. The van der Waals surface area contributed by atoms with E-state index >= 15 is 0 Å². The van der Waals surface area contributed by atoms with Gasteiger partial charge in [0.15, 0.2) is 5.65 Å². The maximum absolute atomic E-state index is 13.3. The number of hydrogen-bond donors (Lipinski definition) is 0. The number of carbonyl (C=O) groups excluding carboxylic acids is 1. The fraction of sp³-hybridized carbons (Fsp3) is 0.348. The highest BCUT2D eigenvalue weighted by molar-refractivity contribution is 5.95. The van der Waals surface area contributed by atoms with Crippen molar-refractivity contribution in [2.75, 3.05) is 13.1 Å². The normalized spacial score (nSPS) is 15.2. The molecule has 1 fully saturated rings. The first-order valence-corrected chi connectivity index (χ1v) is 10.4. The highest BCUT2D eigenvalue weighted by atomic mass is 16.3. The number of carbonyl (C=O) groups is 1. The van der Waals surface area contributed by atoms with Gasteiger partial charge in [-0.05, 0) is 57.0 Å². The number of rotatable bonds is 4. The van der Waals surface area contributed by atoms with Gasteiger partial charge in [0.1, 0.15) is 11.6 Å². The average molecular weight is 403 g/mol. The summed E-state index contributed by atoms with van der Waals surface area (Å²) in [6.45, 7) is 6.15. The Morgan fingerprint density at radius 1 is 1.13 bits per heavy atom. The van der Waals surface area contributed by atoms with Crippen molar-refractivity contribution in [1.82, 2.24) is 24.1 Å². The van der Waals surface area contributed by atoms with E-state index in [1.165, 1.54) is 0 Å². The molecule has 1 amide bonds. The van der Waals surface area contributed by atoms with Gasteiger partial charge < -0.3 is 13.9 Å². The lowest BCUT2D eigenvalue weighted by atomic mass is 9.95. The molecule has 5 heterocycles. The van der Waals surface area contributed by atoms with Gasteiger partial charge in [0.2, 0.25) is 0 Å². The maximum Gasteiger partial charge on any atom is 0.255 e. The third-order valence-corrected chi connectivity index (χ3v) is 6.19. The van der Waals surface area contributed by atoms with Gasteiger partial charge in [0.05, 0.1) is 18.4 Å². The molecule has 1 aliphatic rings. The molecule has 5 rings (SSSR count). The first-order valence-electron chi connectivity index (χ1n) is 10.4. The Morgan fingerprint density at radius 3 is 2.73 bits per heavy atom. The number of piperidine rings is 1. The van der Waals surface area contributed by atoms with Crippen LogP contribution in [0.2, 0.25) is 0 Å². The van der Waals surface area contributed by atoms with Gasteiger partial charge in [0.25, 0.3) is 5.91 Å². The topological polar surface area (TPSA) is 68.6 Å². The quantitative estimate of drug-likeness (QED) is 0.520. The molecule has 1 aliphatic heterocycles. The van der Waals surface area contributed by atoms with E-state index in [9.17, 15) is 4.79 Å². The van der Waals surface area contributed by atoms with E-state index in [-0.39, 0.29) is 5.91 Å². The van der Waals surface area contributed by atoms with Crippen LogP contribution in [0, 0.1) is 13.8 Å². The van der Waals surface area contributed by atoms with E-state index in [2.05, 4.69) is 19.2 Å². The van der Waals surface area contributed by atoms with Gasteiger partial charge in [0, 0.05) is 36.6 Å². The van der Waals surface area contributed by atoms with E-state index in [4.69, 9.17) is 4.42 Å². The third kappa shape index (κ3) is 3.20. The Kier molecular flexibility index (Phi) is 4.65. The number of amides is 1. The van der Waals surface area contributed by atoms with Crippen LogP contribution in [0.4, 0.5) is 0 Å². The second-order valence-corrected chi connectivity index (χ2v) is 8.00. The molecule has 0 bridgehead atoms. The highest BCUT2D eigenvalue weighted by Crippen LogP contribution is 2.29. The van der Waals surface area contributed by atoms with Crippen molar-refractivity contribution < 1.29 is 9.21 Å². The van der Waals surface area contributed by atoms with Crippen LogP contribution in [0.1, 0.15) is 52.1 Å². The van der Waals surface area contributed by atoms with Gasteiger partial charge in [-0.3, -0.25) is 9.20 Å². The van der Waals surface area contributed by atoms with Gasteiger partial charge in [-0.2, -0.15) is 0 Å². The zero-order valence-corrected chi connectivity index (χ0v) is 17.3. The Balaban J connectivity index is 1.30. The molecule has 0 atom stereocenters. The second kappa shape index (κ2) is 7.48. The van der Waals surface area contributed by atoms with Crippen molar-refractivity contribution in [3.8, 4) is 0 Å². The Hall–Kier alpha value is -3.35. The predicted octanol–water partition coefficient (Wildman–Crippen LogP) is 3.81. The van der Waals surface area contributed by atoms with Gasteiger partial charge in [-0.1, -0.05) is 6.07 Å². The Morgan fingerprint density at radius 2 is 1.97 bits per heavy atom. The molecule has 0 saturated carbocycles. The summed E-state index contributed by atoms with van der Waals surface area (Å²) in [5.74, 6) is 2.31. The molecule has 0 N–H and O–H groups in total. The van der Waals surface area contributed by atoms with Gasteiger partial charge in [-0.15, -0.1) is 10.2 Å². The van der Waals surface area contributed by atoms with E-state index in [1.54, 1.807) is 6.26 Å². The number of aromatic nitrogens is 4. The lowest BCUT2D eigenvalue weighted by molar-refractivity contribution is 0.0710. The van der Waals surface area contributed by atoms with E-state index in [0.29, 0.717) is 12.5 Å². The van der Waals surface area contributed by atoms with Crippen molar-refractivity contribution in [1.29, 1.82) is 0 Å². The maximum atomic E-state index is 13.3. The highest BCUT2D eigenvalue weighted by Gasteiger charge is 2.29. The minimum Gasteiger partial charge on any atom is -0.467 e. The molecule has 0 aliphatic carbocycles. The summed E-state index contributed by atoms with van der Waals surface area (Å²) in [6.07, 6.45) is 5.48. The second-order valence-electron chi connectivity index (χ2n) is 8.00. The standard InChI is InChI=1S/C23H25N5O2/c1-16-14-20(17(2)28(16)15-19-6-5-13-30-19)23(29)26-11-8-18(9-12-26)22-25-24-21-7-3-4-10-27(21)22/h3-7,10,13-14,18H,8-9,11-12,15H2,1-2H3. The Labute approximate surface area is 174 Å². The molecule has 30 heavy (non-hydrogen) atoms. The van der Waals surface area contributed by atoms with Crippen LogP contribution >= 0.6 is 0 Å². The fourth-order valence-electron chi connectivity index (χ4n) is 4.47. The summed E-state index contributed by atoms with van der Waals surface area (Å²) in [7, 11) is 0. The van der Waals surface area contributed by atoms with Crippen LogP contribution < -0.4 is 0 Å². The monoisotopic (exact) mass is 403 g/mol. The first kappa shape index (κ1) is 18.7. The molecule has 7 heteroatoms. The lowest BCUT2D eigenvalue weighted by Crippen LogP contribution is -2.38. The summed E-state index contributed by atoms with van der Waals surface area (Å²) in [6, 6.07) is 11.8. The molecule has 0 radical (unpaired) electrons. The smallest absolute Gasteiger partial charge is 0.255 e. The van der Waals surface area contributed by atoms with Crippen molar-refractivity contribution in [2.24, 2.45) is 0 Å². The number of furan rings is 1. The molecular formula is C23H25N5O2. The van der Waals surface area contributed by atoms with Crippen molar-refractivity contribution in [3.05, 3.63) is 77.4 Å². The van der Waals surface area contributed by atoms with E-state index in [0.717, 1.165) is 60.1 Å².